The molecule has 2 amide bonds. The molecule has 0 spiro atoms. The minimum absolute atomic E-state index is 0.107. The van der Waals surface area contributed by atoms with Crippen LogP contribution in [-0.4, -0.2) is 36.5 Å². The maximum atomic E-state index is 12.0. The van der Waals surface area contributed by atoms with Crippen molar-refractivity contribution < 1.29 is 24.2 Å². The number of methoxy groups -OCH3 is 1. The number of rotatable bonds is 9. The molecule has 0 bridgehead atoms. The maximum Gasteiger partial charge on any atom is 0.337 e. The number of ether oxygens (including phenoxy) is 1. The van der Waals surface area contributed by atoms with Gasteiger partial charge in [-0.05, 0) is 43.2 Å². The van der Waals surface area contributed by atoms with Gasteiger partial charge in [0.15, 0.2) is 0 Å². The summed E-state index contributed by atoms with van der Waals surface area (Å²) in [4.78, 5) is 35.3. The molecule has 0 saturated carbocycles. The van der Waals surface area contributed by atoms with Gasteiger partial charge in [0.05, 0.1) is 18.4 Å². The molecule has 0 saturated heterocycles. The average Bonchev–Trinajstić information content (AvgIpc) is 2.71. The number of anilines is 1. The number of hydrogen-bond acceptors (Lipinski definition) is 5. The van der Waals surface area contributed by atoms with Crippen LogP contribution in [0.15, 0.2) is 48.5 Å². The fourth-order valence-electron chi connectivity index (χ4n) is 2.58. The van der Waals surface area contributed by atoms with E-state index >= 15 is 0 Å². The molecule has 2 aromatic rings. The van der Waals surface area contributed by atoms with Gasteiger partial charge in [0.25, 0.3) is 5.91 Å². The Balaban J connectivity index is 1.65. The molecule has 28 heavy (non-hydrogen) atoms. The maximum absolute atomic E-state index is 12.0. The minimum Gasteiger partial charge on any atom is -0.506 e. The van der Waals surface area contributed by atoms with Gasteiger partial charge in [0.2, 0.25) is 5.91 Å². The van der Waals surface area contributed by atoms with Crippen molar-refractivity contribution in [1.29, 1.82) is 0 Å². The Kier molecular flexibility index (Phi) is 8.02. The number of hydrogen-bond donors (Lipinski definition) is 3. The average molecular weight is 384 g/mol. The summed E-state index contributed by atoms with van der Waals surface area (Å²) in [6.45, 7) is 0.547. The lowest BCUT2D eigenvalue weighted by Crippen LogP contribution is -2.24. The fourth-order valence-corrected chi connectivity index (χ4v) is 2.58. The summed E-state index contributed by atoms with van der Waals surface area (Å²) in [6, 6.07) is 13.2. The van der Waals surface area contributed by atoms with E-state index in [-0.39, 0.29) is 28.8 Å². The van der Waals surface area contributed by atoms with Crippen molar-refractivity contribution in [3.8, 4) is 5.75 Å². The number of phenolic OH excluding ortho intramolecular Hbond substituents is 1. The molecule has 0 heterocycles. The van der Waals surface area contributed by atoms with Crippen LogP contribution in [0.5, 0.6) is 5.75 Å². The third-order valence-corrected chi connectivity index (χ3v) is 4.10. The highest BCUT2D eigenvalue weighted by Crippen LogP contribution is 2.25. The third-order valence-electron chi connectivity index (χ3n) is 4.10. The Morgan fingerprint density at radius 1 is 0.964 bits per heavy atom. The van der Waals surface area contributed by atoms with Gasteiger partial charge in [-0.1, -0.05) is 24.6 Å². The number of aromatic hydroxyl groups is 1. The summed E-state index contributed by atoms with van der Waals surface area (Å²) in [5, 5.41) is 15.4. The molecule has 0 unspecified atom stereocenters. The van der Waals surface area contributed by atoms with Crippen LogP contribution in [-0.2, 0) is 9.53 Å². The molecule has 0 aliphatic rings. The van der Waals surface area contributed by atoms with Gasteiger partial charge in [-0.25, -0.2) is 4.79 Å². The number of esters is 1. The van der Waals surface area contributed by atoms with Crippen LogP contribution in [0.2, 0.25) is 0 Å². The molecule has 0 aromatic heterocycles. The summed E-state index contributed by atoms with van der Waals surface area (Å²) < 4.78 is 4.57. The van der Waals surface area contributed by atoms with Gasteiger partial charge >= 0.3 is 5.97 Å². The van der Waals surface area contributed by atoms with Crippen LogP contribution in [0.1, 0.15) is 46.4 Å². The fraction of sp³-hybridized carbons (Fsp3) is 0.286. The molecule has 0 radical (unpaired) electrons. The van der Waals surface area contributed by atoms with Crippen molar-refractivity contribution in [3.05, 3.63) is 59.7 Å². The topological polar surface area (TPSA) is 105 Å². The number of benzene rings is 2. The Morgan fingerprint density at radius 3 is 2.39 bits per heavy atom. The molecule has 0 atom stereocenters. The largest absolute Gasteiger partial charge is 0.506 e. The van der Waals surface area contributed by atoms with E-state index in [1.807, 2.05) is 18.2 Å². The number of amides is 2. The van der Waals surface area contributed by atoms with Gasteiger partial charge in [-0.2, -0.15) is 0 Å². The second kappa shape index (κ2) is 10.7. The van der Waals surface area contributed by atoms with E-state index in [4.69, 9.17) is 0 Å². The lowest BCUT2D eigenvalue weighted by atomic mass is 10.1. The van der Waals surface area contributed by atoms with Crippen LogP contribution < -0.4 is 10.6 Å². The Hall–Kier alpha value is -3.35. The number of nitrogens with one attached hydrogen (secondary N) is 2. The van der Waals surface area contributed by atoms with Crippen molar-refractivity contribution >= 4 is 23.5 Å². The molecule has 148 valence electrons. The van der Waals surface area contributed by atoms with E-state index in [9.17, 15) is 19.5 Å². The predicted octanol–water partition coefficient (Wildman–Crippen LogP) is 3.11. The van der Waals surface area contributed by atoms with Gasteiger partial charge in [0, 0.05) is 18.5 Å². The lowest BCUT2D eigenvalue weighted by molar-refractivity contribution is -0.116. The zero-order valence-electron chi connectivity index (χ0n) is 15.7. The van der Waals surface area contributed by atoms with E-state index in [0.717, 1.165) is 12.8 Å². The molecule has 7 heteroatoms. The zero-order valence-corrected chi connectivity index (χ0v) is 15.7. The smallest absolute Gasteiger partial charge is 0.337 e. The summed E-state index contributed by atoms with van der Waals surface area (Å²) in [7, 11) is 1.25. The highest BCUT2D eigenvalue weighted by Gasteiger charge is 2.11. The second-order valence-electron chi connectivity index (χ2n) is 6.20. The van der Waals surface area contributed by atoms with Crippen LogP contribution in [0.3, 0.4) is 0 Å². The van der Waals surface area contributed by atoms with E-state index < -0.39 is 5.97 Å². The lowest BCUT2D eigenvalue weighted by Gasteiger charge is -2.09. The molecule has 0 aliphatic heterocycles. The molecule has 0 aliphatic carbocycles. The summed E-state index contributed by atoms with van der Waals surface area (Å²) in [5.74, 6) is -1.09. The van der Waals surface area contributed by atoms with Gasteiger partial charge < -0.3 is 20.5 Å². The van der Waals surface area contributed by atoms with Gasteiger partial charge in [-0.15, -0.1) is 0 Å². The number of carbonyl (C=O) groups is 3. The van der Waals surface area contributed by atoms with Crippen LogP contribution in [0.25, 0.3) is 0 Å². The first-order valence-electron chi connectivity index (χ1n) is 9.05. The van der Waals surface area contributed by atoms with Gasteiger partial charge in [-0.3, -0.25) is 9.59 Å². The highest BCUT2D eigenvalue weighted by atomic mass is 16.5. The Bertz CT molecular complexity index is 821. The molecular weight excluding hydrogens is 360 g/mol. The molecular formula is C21H24N2O5. The van der Waals surface area contributed by atoms with Crippen LogP contribution in [0.4, 0.5) is 5.69 Å². The van der Waals surface area contributed by atoms with Crippen LogP contribution in [0, 0.1) is 0 Å². The van der Waals surface area contributed by atoms with Gasteiger partial charge in [0.1, 0.15) is 5.75 Å². The summed E-state index contributed by atoms with van der Waals surface area (Å²) in [6.07, 6.45) is 2.51. The highest BCUT2D eigenvalue weighted by molar-refractivity contribution is 5.95. The number of unbranched alkanes of at least 4 members (excludes halogenated alkanes) is 2. The second-order valence-corrected chi connectivity index (χ2v) is 6.20. The third kappa shape index (κ3) is 6.42. The molecule has 7 nitrogen and oxygen atoms in total. The van der Waals surface area contributed by atoms with E-state index in [1.54, 1.807) is 12.1 Å². The predicted molar refractivity (Wildman–Crippen MR) is 105 cm³/mol. The quantitative estimate of drug-likeness (QED) is 0.350. The monoisotopic (exact) mass is 384 g/mol. The SMILES string of the molecule is COC(=O)c1ccc(NC(=O)CCCCCNC(=O)c2ccccc2)c(O)c1. The standard InChI is InChI=1S/C21H24N2O5/c1-28-21(27)16-11-12-17(18(24)14-16)23-19(25)10-6-3-7-13-22-20(26)15-8-4-2-5-9-15/h2,4-5,8-9,11-12,14,24H,3,6-7,10,13H2,1H3,(H,22,26)(H,23,25). The van der Waals surface area contributed by atoms with Crippen molar-refractivity contribution in [1.82, 2.24) is 5.32 Å². The Labute approximate surface area is 163 Å². The normalized spacial score (nSPS) is 10.2. The first-order valence-corrected chi connectivity index (χ1v) is 9.05. The van der Waals surface area contributed by atoms with E-state index in [0.29, 0.717) is 24.9 Å². The van der Waals surface area contributed by atoms with Crippen molar-refractivity contribution in [2.24, 2.45) is 0 Å². The van der Waals surface area contributed by atoms with E-state index in [1.165, 1.54) is 25.3 Å². The first-order chi connectivity index (χ1) is 13.5. The zero-order chi connectivity index (χ0) is 20.4. The Morgan fingerprint density at radius 2 is 1.71 bits per heavy atom. The van der Waals surface area contributed by atoms with Crippen molar-refractivity contribution in [2.45, 2.75) is 25.7 Å². The van der Waals surface area contributed by atoms with Crippen molar-refractivity contribution in [3.63, 3.8) is 0 Å². The number of carbonyl (C=O) groups excluding carboxylic acids is 3. The molecule has 3 N–H and O–H groups in total. The van der Waals surface area contributed by atoms with Crippen LogP contribution >= 0.6 is 0 Å². The molecule has 2 rings (SSSR count). The summed E-state index contributed by atoms with van der Waals surface area (Å²) in [5.41, 5.74) is 1.07. The van der Waals surface area contributed by atoms with E-state index in [2.05, 4.69) is 15.4 Å². The van der Waals surface area contributed by atoms with Crippen molar-refractivity contribution in [2.75, 3.05) is 19.0 Å². The minimum atomic E-state index is -0.562. The first kappa shape index (κ1) is 21.0. The molecule has 0 fully saturated rings. The number of phenols is 1. The molecule has 2 aromatic carbocycles. The summed E-state index contributed by atoms with van der Waals surface area (Å²) >= 11 is 0.